The van der Waals surface area contributed by atoms with Gasteiger partial charge in [0.1, 0.15) is 0 Å². The summed E-state index contributed by atoms with van der Waals surface area (Å²) in [6, 6.07) is 0. The molecule has 0 aliphatic rings. The molecular formula is C9H18N2. The number of unbranched alkanes of at least 4 members (excludes halogenated alkanes) is 1. The molecular weight excluding hydrogens is 136 g/mol. The molecule has 0 aromatic rings. The van der Waals surface area contributed by atoms with Crippen molar-refractivity contribution < 1.29 is 0 Å². The highest BCUT2D eigenvalue weighted by atomic mass is 14.8. The Balaban J connectivity index is 3.48. The van der Waals surface area contributed by atoms with E-state index in [2.05, 4.69) is 12.2 Å². The van der Waals surface area contributed by atoms with Crippen molar-refractivity contribution >= 4 is 5.71 Å². The fourth-order valence-corrected chi connectivity index (χ4v) is 0.612. The summed E-state index contributed by atoms with van der Waals surface area (Å²) in [6.07, 6.45) is 4.32. The number of allylic oxidation sites excluding steroid dienone is 1. The van der Waals surface area contributed by atoms with Crippen LogP contribution in [0.4, 0.5) is 0 Å². The van der Waals surface area contributed by atoms with Gasteiger partial charge in [0.15, 0.2) is 0 Å². The van der Waals surface area contributed by atoms with Crippen LogP contribution in [0.1, 0.15) is 33.6 Å². The summed E-state index contributed by atoms with van der Waals surface area (Å²) in [5, 5.41) is 10.4. The number of hydrogen-bond acceptors (Lipinski definition) is 2. The van der Waals surface area contributed by atoms with Crippen LogP contribution in [0, 0.1) is 5.41 Å². The van der Waals surface area contributed by atoms with Crippen LogP contribution in [-0.4, -0.2) is 12.3 Å². The Morgan fingerprint density at radius 2 is 2.09 bits per heavy atom. The summed E-state index contributed by atoms with van der Waals surface area (Å²) in [7, 11) is 0. The second-order valence-corrected chi connectivity index (χ2v) is 2.76. The second kappa shape index (κ2) is 5.96. The maximum atomic E-state index is 7.27. The van der Waals surface area contributed by atoms with E-state index in [9.17, 15) is 0 Å². The fraction of sp³-hybridized carbons (Fsp3) is 0.667. The third kappa shape index (κ3) is 5.64. The van der Waals surface area contributed by atoms with Gasteiger partial charge >= 0.3 is 0 Å². The predicted octanol–water partition coefficient (Wildman–Crippen LogP) is 2.32. The first-order valence-electron chi connectivity index (χ1n) is 4.14. The van der Waals surface area contributed by atoms with Crippen molar-refractivity contribution in [2.75, 3.05) is 6.54 Å². The molecule has 2 nitrogen and oxygen atoms in total. The van der Waals surface area contributed by atoms with Crippen LogP contribution < -0.4 is 5.32 Å². The molecule has 0 spiro atoms. The van der Waals surface area contributed by atoms with E-state index in [1.165, 1.54) is 12.8 Å². The highest BCUT2D eigenvalue weighted by Gasteiger charge is 1.88. The van der Waals surface area contributed by atoms with Crippen LogP contribution in [0.2, 0.25) is 0 Å². The molecule has 0 aliphatic heterocycles. The summed E-state index contributed by atoms with van der Waals surface area (Å²) in [6.45, 7) is 6.93. The lowest BCUT2D eigenvalue weighted by atomic mass is 10.2. The standard InChI is InChI=1S/C9H18N2/c1-4-5-6-11-7-8(2)9(3)10/h7,10-11H,4-6H2,1-3H3/b8-7-,10-9?. The van der Waals surface area contributed by atoms with Gasteiger partial charge < -0.3 is 10.7 Å². The van der Waals surface area contributed by atoms with E-state index in [1.54, 1.807) is 6.92 Å². The topological polar surface area (TPSA) is 35.9 Å². The van der Waals surface area contributed by atoms with E-state index in [1.807, 2.05) is 13.1 Å². The zero-order valence-corrected chi connectivity index (χ0v) is 7.70. The number of nitrogens with one attached hydrogen (secondary N) is 2. The molecule has 0 unspecified atom stereocenters. The Hall–Kier alpha value is -0.790. The number of hydrogen-bond donors (Lipinski definition) is 2. The summed E-state index contributed by atoms with van der Waals surface area (Å²) in [4.78, 5) is 0. The smallest absolute Gasteiger partial charge is 0.0326 e. The predicted molar refractivity (Wildman–Crippen MR) is 50.1 cm³/mol. The molecule has 0 heterocycles. The van der Waals surface area contributed by atoms with Gasteiger partial charge in [-0.25, -0.2) is 0 Å². The van der Waals surface area contributed by atoms with E-state index >= 15 is 0 Å². The van der Waals surface area contributed by atoms with Crippen LogP contribution in [0.5, 0.6) is 0 Å². The third-order valence-corrected chi connectivity index (χ3v) is 1.58. The van der Waals surface area contributed by atoms with Crippen LogP contribution >= 0.6 is 0 Å². The Morgan fingerprint density at radius 1 is 1.45 bits per heavy atom. The molecule has 0 aromatic heterocycles. The Kier molecular flexibility index (Phi) is 5.53. The van der Waals surface area contributed by atoms with E-state index in [0.717, 1.165) is 12.1 Å². The Labute approximate surface area is 69.2 Å². The lowest BCUT2D eigenvalue weighted by Gasteiger charge is -2.00. The van der Waals surface area contributed by atoms with E-state index in [0.29, 0.717) is 5.71 Å². The van der Waals surface area contributed by atoms with Gasteiger partial charge in [-0.15, -0.1) is 0 Å². The summed E-state index contributed by atoms with van der Waals surface area (Å²) in [5.41, 5.74) is 1.65. The Morgan fingerprint density at radius 3 is 2.55 bits per heavy atom. The van der Waals surface area contributed by atoms with Gasteiger partial charge in [0.25, 0.3) is 0 Å². The van der Waals surface area contributed by atoms with Gasteiger partial charge in [-0.3, -0.25) is 0 Å². The first kappa shape index (κ1) is 10.2. The van der Waals surface area contributed by atoms with Crippen LogP contribution in [-0.2, 0) is 0 Å². The van der Waals surface area contributed by atoms with E-state index < -0.39 is 0 Å². The minimum Gasteiger partial charge on any atom is -0.391 e. The molecule has 2 heteroatoms. The van der Waals surface area contributed by atoms with Gasteiger partial charge in [-0.2, -0.15) is 0 Å². The Bertz CT molecular complexity index is 148. The van der Waals surface area contributed by atoms with Crippen molar-refractivity contribution in [2.24, 2.45) is 0 Å². The highest BCUT2D eigenvalue weighted by molar-refractivity contribution is 5.94. The fourth-order valence-electron chi connectivity index (χ4n) is 0.612. The first-order valence-corrected chi connectivity index (χ1v) is 4.14. The zero-order chi connectivity index (χ0) is 8.69. The molecule has 0 saturated heterocycles. The van der Waals surface area contributed by atoms with Gasteiger partial charge in [0, 0.05) is 18.5 Å². The SMILES string of the molecule is CCCCN/C=C(/C)C(C)=N. The zero-order valence-electron chi connectivity index (χ0n) is 7.70. The molecule has 0 fully saturated rings. The van der Waals surface area contributed by atoms with Crippen LogP contribution in [0.3, 0.4) is 0 Å². The minimum atomic E-state index is 0.633. The van der Waals surface area contributed by atoms with Crippen molar-refractivity contribution in [2.45, 2.75) is 33.6 Å². The molecule has 11 heavy (non-hydrogen) atoms. The summed E-state index contributed by atoms with van der Waals surface area (Å²) in [5.74, 6) is 0. The lowest BCUT2D eigenvalue weighted by molar-refractivity contribution is 0.733. The average Bonchev–Trinajstić information content (AvgIpc) is 1.97. The first-order chi connectivity index (χ1) is 5.18. The second-order valence-electron chi connectivity index (χ2n) is 2.76. The largest absolute Gasteiger partial charge is 0.391 e. The van der Waals surface area contributed by atoms with Crippen molar-refractivity contribution in [3.63, 3.8) is 0 Å². The van der Waals surface area contributed by atoms with Gasteiger partial charge in [0.2, 0.25) is 0 Å². The van der Waals surface area contributed by atoms with Crippen molar-refractivity contribution in [1.29, 1.82) is 5.41 Å². The van der Waals surface area contributed by atoms with Crippen molar-refractivity contribution in [3.05, 3.63) is 11.8 Å². The maximum absolute atomic E-state index is 7.27. The molecule has 64 valence electrons. The third-order valence-electron chi connectivity index (χ3n) is 1.58. The minimum absolute atomic E-state index is 0.633. The van der Waals surface area contributed by atoms with E-state index in [-0.39, 0.29) is 0 Å². The van der Waals surface area contributed by atoms with E-state index in [4.69, 9.17) is 5.41 Å². The molecule has 0 saturated carbocycles. The van der Waals surface area contributed by atoms with Crippen molar-refractivity contribution in [3.8, 4) is 0 Å². The molecule has 0 aliphatic carbocycles. The van der Waals surface area contributed by atoms with Gasteiger partial charge in [0.05, 0.1) is 0 Å². The van der Waals surface area contributed by atoms with Gasteiger partial charge in [-0.05, 0) is 25.8 Å². The average molecular weight is 154 g/mol. The summed E-state index contributed by atoms with van der Waals surface area (Å²) < 4.78 is 0. The van der Waals surface area contributed by atoms with Crippen LogP contribution in [0.15, 0.2) is 11.8 Å². The normalized spacial score (nSPS) is 11.4. The molecule has 0 radical (unpaired) electrons. The molecule has 0 amide bonds. The quantitative estimate of drug-likeness (QED) is 0.462. The molecule has 2 N–H and O–H groups in total. The number of rotatable bonds is 5. The van der Waals surface area contributed by atoms with Crippen molar-refractivity contribution in [1.82, 2.24) is 5.32 Å². The monoisotopic (exact) mass is 154 g/mol. The molecule has 0 rings (SSSR count). The van der Waals surface area contributed by atoms with Crippen LogP contribution in [0.25, 0.3) is 0 Å². The van der Waals surface area contributed by atoms with Gasteiger partial charge in [-0.1, -0.05) is 13.3 Å². The maximum Gasteiger partial charge on any atom is 0.0326 e. The molecule has 0 aromatic carbocycles. The molecule has 0 atom stereocenters. The summed E-state index contributed by atoms with van der Waals surface area (Å²) >= 11 is 0. The highest BCUT2D eigenvalue weighted by Crippen LogP contribution is 1.91. The lowest BCUT2D eigenvalue weighted by Crippen LogP contribution is -2.08. The molecule has 0 bridgehead atoms.